The Bertz CT molecular complexity index is 170. The second-order valence-electron chi connectivity index (χ2n) is 5.67. The highest BCUT2D eigenvalue weighted by Gasteiger charge is 2.11. The fourth-order valence-electron chi connectivity index (χ4n) is 2.66. The predicted octanol–water partition coefficient (Wildman–Crippen LogP) is 3.46. The highest BCUT2D eigenvalue weighted by Crippen LogP contribution is 2.13. The van der Waals surface area contributed by atoms with Crippen molar-refractivity contribution in [2.75, 3.05) is 19.7 Å². The fraction of sp³-hybridized carbons (Fsp3) is 1.00. The van der Waals surface area contributed by atoms with Crippen LogP contribution in [0.3, 0.4) is 0 Å². The Morgan fingerprint density at radius 1 is 0.895 bits per heavy atom. The van der Waals surface area contributed by atoms with Gasteiger partial charge in [0.05, 0.1) is 12.7 Å². The summed E-state index contributed by atoms with van der Waals surface area (Å²) in [6.07, 6.45) is 15.9. The molecule has 3 heteroatoms. The third-order valence-electron chi connectivity index (χ3n) is 3.88. The molecule has 1 fully saturated rings. The van der Waals surface area contributed by atoms with E-state index in [1.807, 2.05) is 0 Å². The Kier molecular flexibility index (Phi) is 14.2. The van der Waals surface area contributed by atoms with E-state index in [0.29, 0.717) is 6.10 Å². The first kappa shape index (κ1) is 18.9. The van der Waals surface area contributed by atoms with Crippen molar-refractivity contribution in [2.45, 2.75) is 83.7 Å². The van der Waals surface area contributed by atoms with Gasteiger partial charge in [0.25, 0.3) is 0 Å². The minimum atomic E-state index is 0. The van der Waals surface area contributed by atoms with Crippen LogP contribution in [0.15, 0.2) is 0 Å². The molecule has 0 aromatic rings. The van der Waals surface area contributed by atoms with Crippen LogP contribution in [0, 0.1) is 0 Å². The average Bonchev–Trinajstić information content (AvgIpc) is 2.42. The molecule has 3 nitrogen and oxygen atoms in total. The van der Waals surface area contributed by atoms with Crippen molar-refractivity contribution < 1.29 is 10.2 Å². The number of hydrogen-bond donors (Lipinski definition) is 1. The minimum absolute atomic E-state index is 0. The summed E-state index contributed by atoms with van der Waals surface area (Å²) >= 11 is 0. The van der Waals surface area contributed by atoms with Crippen LogP contribution < -0.4 is 5.32 Å². The highest BCUT2D eigenvalue weighted by molar-refractivity contribution is 4.66. The highest BCUT2D eigenvalue weighted by atomic mass is 16.5. The maximum Gasteiger partial charge on any atom is 0.0700 e. The molecule has 1 heterocycles. The molecule has 19 heavy (non-hydrogen) atoms. The predicted molar refractivity (Wildman–Crippen MR) is 82.7 cm³/mol. The van der Waals surface area contributed by atoms with E-state index in [4.69, 9.17) is 4.74 Å². The monoisotopic (exact) mass is 273 g/mol. The standard InChI is InChI=1S/C16H33NO.H2O/c1-2-3-4-5-6-7-8-9-10-11-12-16-15-17-13-14-18-16;/h16-17H,2-15H2,1H3;1H2. The lowest BCUT2D eigenvalue weighted by Gasteiger charge is -2.23. The molecule has 3 N–H and O–H groups in total. The van der Waals surface area contributed by atoms with E-state index in [1.54, 1.807) is 0 Å². The van der Waals surface area contributed by atoms with E-state index in [1.165, 1.54) is 70.6 Å². The largest absolute Gasteiger partial charge is 0.412 e. The van der Waals surface area contributed by atoms with Gasteiger partial charge in [-0.05, 0) is 6.42 Å². The van der Waals surface area contributed by atoms with Crippen LogP contribution in [0.5, 0.6) is 0 Å². The van der Waals surface area contributed by atoms with Gasteiger partial charge in [-0.25, -0.2) is 0 Å². The van der Waals surface area contributed by atoms with Gasteiger partial charge in [0.2, 0.25) is 0 Å². The average molecular weight is 273 g/mol. The molecule has 1 aliphatic rings. The molecule has 0 bridgehead atoms. The van der Waals surface area contributed by atoms with Crippen molar-refractivity contribution in [1.82, 2.24) is 5.32 Å². The molecule has 0 saturated carbocycles. The molecule has 1 unspecified atom stereocenters. The van der Waals surface area contributed by atoms with Gasteiger partial charge in [-0.3, -0.25) is 0 Å². The van der Waals surface area contributed by atoms with E-state index in [-0.39, 0.29) is 5.48 Å². The van der Waals surface area contributed by atoms with Crippen LogP contribution in [0.4, 0.5) is 0 Å². The second kappa shape index (κ2) is 14.3. The quantitative estimate of drug-likeness (QED) is 0.586. The van der Waals surface area contributed by atoms with E-state index in [9.17, 15) is 0 Å². The summed E-state index contributed by atoms with van der Waals surface area (Å²) in [5.74, 6) is 0. The van der Waals surface area contributed by atoms with E-state index in [2.05, 4.69) is 12.2 Å². The van der Waals surface area contributed by atoms with Crippen LogP contribution in [0.25, 0.3) is 0 Å². The molecule has 0 aliphatic carbocycles. The Morgan fingerprint density at radius 2 is 1.47 bits per heavy atom. The van der Waals surface area contributed by atoms with Gasteiger partial charge < -0.3 is 15.5 Å². The number of rotatable bonds is 11. The van der Waals surface area contributed by atoms with Crippen LogP contribution >= 0.6 is 0 Å². The van der Waals surface area contributed by atoms with E-state index in [0.717, 1.165) is 19.7 Å². The lowest BCUT2D eigenvalue weighted by atomic mass is 10.0. The number of unbranched alkanes of at least 4 members (excludes halogenated alkanes) is 9. The normalized spacial score (nSPS) is 19.1. The third-order valence-corrected chi connectivity index (χ3v) is 3.88. The summed E-state index contributed by atoms with van der Waals surface area (Å²) in [7, 11) is 0. The molecule has 0 aromatic heterocycles. The maximum atomic E-state index is 5.70. The number of ether oxygens (including phenoxy) is 1. The lowest BCUT2D eigenvalue weighted by molar-refractivity contribution is 0.0220. The van der Waals surface area contributed by atoms with Crippen LogP contribution in [0.1, 0.15) is 77.6 Å². The SMILES string of the molecule is CCCCCCCCCCCCC1CNCCO1.O. The smallest absolute Gasteiger partial charge is 0.0700 e. The van der Waals surface area contributed by atoms with E-state index >= 15 is 0 Å². The molecule has 1 rings (SSSR count). The van der Waals surface area contributed by atoms with Gasteiger partial charge in [0, 0.05) is 13.1 Å². The zero-order valence-electron chi connectivity index (χ0n) is 12.9. The van der Waals surface area contributed by atoms with Crippen molar-refractivity contribution >= 4 is 0 Å². The topological polar surface area (TPSA) is 52.8 Å². The molecular weight excluding hydrogens is 238 g/mol. The third kappa shape index (κ3) is 11.4. The van der Waals surface area contributed by atoms with Gasteiger partial charge in [0.15, 0.2) is 0 Å². The summed E-state index contributed by atoms with van der Waals surface area (Å²) in [6, 6.07) is 0. The van der Waals surface area contributed by atoms with Gasteiger partial charge in [-0.15, -0.1) is 0 Å². The number of morpholine rings is 1. The zero-order chi connectivity index (χ0) is 12.9. The van der Waals surface area contributed by atoms with Gasteiger partial charge >= 0.3 is 0 Å². The zero-order valence-corrected chi connectivity index (χ0v) is 12.9. The van der Waals surface area contributed by atoms with Crippen LogP contribution in [-0.4, -0.2) is 31.3 Å². The summed E-state index contributed by atoms with van der Waals surface area (Å²) in [6.45, 7) is 5.29. The summed E-state index contributed by atoms with van der Waals surface area (Å²) in [5, 5.41) is 3.40. The van der Waals surface area contributed by atoms with Crippen molar-refractivity contribution in [3.63, 3.8) is 0 Å². The van der Waals surface area contributed by atoms with Gasteiger partial charge in [-0.1, -0.05) is 71.1 Å². The van der Waals surface area contributed by atoms with Gasteiger partial charge in [-0.2, -0.15) is 0 Å². The molecule has 1 atom stereocenters. The van der Waals surface area contributed by atoms with Crippen molar-refractivity contribution in [3.05, 3.63) is 0 Å². The lowest BCUT2D eigenvalue weighted by Crippen LogP contribution is -2.38. The first-order chi connectivity index (χ1) is 8.93. The molecular formula is C16H35NO2. The molecule has 0 radical (unpaired) electrons. The first-order valence-corrected chi connectivity index (χ1v) is 8.26. The molecule has 0 amide bonds. The Morgan fingerprint density at radius 3 is 2.00 bits per heavy atom. The van der Waals surface area contributed by atoms with Crippen LogP contribution in [-0.2, 0) is 4.74 Å². The number of nitrogens with one attached hydrogen (secondary N) is 1. The molecule has 116 valence electrons. The summed E-state index contributed by atoms with van der Waals surface area (Å²) in [4.78, 5) is 0. The molecule has 1 aliphatic heterocycles. The summed E-state index contributed by atoms with van der Waals surface area (Å²) in [5.41, 5.74) is 0. The van der Waals surface area contributed by atoms with Crippen molar-refractivity contribution in [1.29, 1.82) is 0 Å². The molecule has 1 saturated heterocycles. The Balaban J connectivity index is 0.00000324. The summed E-state index contributed by atoms with van der Waals surface area (Å²) < 4.78 is 5.70. The maximum absolute atomic E-state index is 5.70. The van der Waals surface area contributed by atoms with Gasteiger partial charge in [0.1, 0.15) is 0 Å². The second-order valence-corrected chi connectivity index (χ2v) is 5.67. The molecule has 0 aromatic carbocycles. The number of hydrogen-bond acceptors (Lipinski definition) is 2. The Hall–Kier alpha value is -0.120. The van der Waals surface area contributed by atoms with Crippen LogP contribution in [0.2, 0.25) is 0 Å². The molecule has 0 spiro atoms. The van der Waals surface area contributed by atoms with Crippen molar-refractivity contribution in [2.24, 2.45) is 0 Å². The minimum Gasteiger partial charge on any atom is -0.412 e. The fourth-order valence-corrected chi connectivity index (χ4v) is 2.66. The van der Waals surface area contributed by atoms with E-state index < -0.39 is 0 Å². The first-order valence-electron chi connectivity index (χ1n) is 8.26. The van der Waals surface area contributed by atoms with Crippen molar-refractivity contribution in [3.8, 4) is 0 Å². The Labute approximate surface area is 119 Å².